The molecular formula is C3H3OP. The lowest BCUT2D eigenvalue weighted by Gasteiger charge is -1.57. The SMILES string of the molecule is O=PC1C=C1. The average Bonchev–Trinajstić information content (AvgIpc) is 2.12. The zero-order valence-corrected chi connectivity index (χ0v) is 3.48. The molecule has 0 aromatic heterocycles. The fraction of sp³-hybridized carbons (Fsp3) is 0.333. The van der Waals surface area contributed by atoms with Gasteiger partial charge in [0.05, 0.1) is 5.66 Å². The normalized spacial score (nSPS) is 20.8. The summed E-state index contributed by atoms with van der Waals surface area (Å²) in [6.07, 6.45) is 3.79. The number of hydrogen-bond donors (Lipinski definition) is 0. The average molecular weight is 86.0 g/mol. The molecule has 0 saturated heterocycles. The number of allylic oxidation sites excluding steroid dienone is 2. The predicted octanol–water partition coefficient (Wildman–Crippen LogP) is 1.22. The molecular weight excluding hydrogens is 83.0 g/mol. The third-order valence-electron chi connectivity index (χ3n) is 0.486. The Kier molecular flexibility index (Phi) is 0.553. The molecule has 0 aliphatic heterocycles. The molecule has 0 amide bonds. The van der Waals surface area contributed by atoms with Crippen LogP contribution < -0.4 is 0 Å². The quantitative estimate of drug-likeness (QED) is 0.346. The van der Waals surface area contributed by atoms with Gasteiger partial charge >= 0.3 is 0 Å². The standard InChI is InChI=1S/C3H3OP/c4-5-3-1-2-3/h1-3H. The highest BCUT2D eigenvalue weighted by atomic mass is 31.1. The number of hydrogen-bond acceptors (Lipinski definition) is 1. The van der Waals surface area contributed by atoms with Gasteiger partial charge in [-0.2, -0.15) is 0 Å². The molecule has 26 valence electrons. The molecule has 0 fully saturated rings. The summed E-state index contributed by atoms with van der Waals surface area (Å²) in [5, 5.41) is 0. The molecule has 0 saturated carbocycles. The van der Waals surface area contributed by atoms with Crippen molar-refractivity contribution in [2.24, 2.45) is 0 Å². The van der Waals surface area contributed by atoms with Crippen LogP contribution in [0, 0.1) is 0 Å². The molecule has 0 unspecified atom stereocenters. The Bertz CT molecular complexity index is 71.0. The van der Waals surface area contributed by atoms with E-state index >= 15 is 0 Å². The summed E-state index contributed by atoms with van der Waals surface area (Å²) >= 11 is 0. The molecule has 2 heteroatoms. The van der Waals surface area contributed by atoms with Crippen molar-refractivity contribution in [1.82, 2.24) is 0 Å². The van der Waals surface area contributed by atoms with Crippen LogP contribution in [0.15, 0.2) is 12.2 Å². The van der Waals surface area contributed by atoms with Gasteiger partial charge in [-0.05, 0) is 0 Å². The Morgan fingerprint density at radius 2 is 2.20 bits per heavy atom. The summed E-state index contributed by atoms with van der Waals surface area (Å²) in [7, 11) is 0.247. The van der Waals surface area contributed by atoms with E-state index in [1.165, 1.54) is 0 Å². The molecule has 5 heavy (non-hydrogen) atoms. The highest BCUT2D eigenvalue weighted by Crippen LogP contribution is 2.19. The summed E-state index contributed by atoms with van der Waals surface area (Å²) in [5.41, 5.74) is 0.301. The van der Waals surface area contributed by atoms with E-state index in [1.807, 2.05) is 12.2 Å². The second kappa shape index (κ2) is 0.908. The van der Waals surface area contributed by atoms with Crippen LogP contribution in [-0.2, 0) is 4.57 Å². The highest BCUT2D eigenvalue weighted by molar-refractivity contribution is 7.26. The maximum absolute atomic E-state index is 9.60. The fourth-order valence-electron chi connectivity index (χ4n) is 0.120. The third-order valence-corrected chi connectivity index (χ3v) is 1.07. The van der Waals surface area contributed by atoms with Crippen LogP contribution in [0.4, 0.5) is 0 Å². The molecule has 0 aromatic rings. The predicted molar refractivity (Wildman–Crippen MR) is 20.5 cm³/mol. The molecule has 0 bridgehead atoms. The van der Waals surface area contributed by atoms with Gasteiger partial charge in [-0.3, -0.25) is 4.57 Å². The maximum Gasteiger partial charge on any atom is 0.167 e. The summed E-state index contributed by atoms with van der Waals surface area (Å²) < 4.78 is 9.60. The zero-order valence-electron chi connectivity index (χ0n) is 2.59. The van der Waals surface area contributed by atoms with Gasteiger partial charge in [0.2, 0.25) is 0 Å². The summed E-state index contributed by atoms with van der Waals surface area (Å²) in [6.45, 7) is 0. The van der Waals surface area contributed by atoms with Crippen molar-refractivity contribution in [3.05, 3.63) is 12.2 Å². The van der Waals surface area contributed by atoms with Gasteiger partial charge < -0.3 is 0 Å². The van der Waals surface area contributed by atoms with Crippen molar-refractivity contribution in [2.75, 3.05) is 0 Å². The first kappa shape index (κ1) is 3.05. The first-order valence-electron chi connectivity index (χ1n) is 1.44. The van der Waals surface area contributed by atoms with Crippen LogP contribution in [0.1, 0.15) is 0 Å². The first-order chi connectivity index (χ1) is 2.43. The van der Waals surface area contributed by atoms with E-state index < -0.39 is 0 Å². The van der Waals surface area contributed by atoms with Crippen LogP contribution in [0.3, 0.4) is 0 Å². The van der Waals surface area contributed by atoms with E-state index in [4.69, 9.17) is 0 Å². The van der Waals surface area contributed by atoms with E-state index in [2.05, 4.69) is 0 Å². The monoisotopic (exact) mass is 86.0 g/mol. The molecule has 0 spiro atoms. The van der Waals surface area contributed by atoms with Crippen molar-refractivity contribution in [3.8, 4) is 0 Å². The van der Waals surface area contributed by atoms with Gasteiger partial charge in [0, 0.05) is 0 Å². The zero-order chi connectivity index (χ0) is 3.70. The van der Waals surface area contributed by atoms with Gasteiger partial charge in [0.1, 0.15) is 0 Å². The van der Waals surface area contributed by atoms with Gasteiger partial charge in [-0.15, -0.1) is 0 Å². The van der Waals surface area contributed by atoms with Crippen LogP contribution in [-0.4, -0.2) is 5.66 Å². The summed E-state index contributed by atoms with van der Waals surface area (Å²) in [6, 6.07) is 0. The van der Waals surface area contributed by atoms with Crippen molar-refractivity contribution in [2.45, 2.75) is 5.66 Å². The topological polar surface area (TPSA) is 17.1 Å². The third kappa shape index (κ3) is 0.555. The van der Waals surface area contributed by atoms with E-state index in [0.29, 0.717) is 5.66 Å². The van der Waals surface area contributed by atoms with E-state index in [1.54, 1.807) is 0 Å². The number of rotatable bonds is 1. The molecule has 1 aliphatic carbocycles. The van der Waals surface area contributed by atoms with Gasteiger partial charge in [-0.1, -0.05) is 12.2 Å². The summed E-state index contributed by atoms with van der Waals surface area (Å²) in [5.74, 6) is 0. The Labute approximate surface area is 31.9 Å². The molecule has 0 atom stereocenters. The first-order valence-corrected chi connectivity index (χ1v) is 2.32. The van der Waals surface area contributed by atoms with Gasteiger partial charge in [0.25, 0.3) is 0 Å². The highest BCUT2D eigenvalue weighted by Gasteiger charge is 2.07. The second-order valence-electron chi connectivity index (χ2n) is 0.981. The van der Waals surface area contributed by atoms with E-state index in [0.717, 1.165) is 0 Å². The van der Waals surface area contributed by atoms with Gasteiger partial charge in [-0.25, -0.2) is 0 Å². The molecule has 0 aromatic carbocycles. The Hall–Kier alpha value is -0.160. The molecule has 0 heterocycles. The van der Waals surface area contributed by atoms with E-state index in [9.17, 15) is 4.57 Å². The molecule has 1 nitrogen and oxygen atoms in total. The lowest BCUT2D eigenvalue weighted by molar-refractivity contribution is 0.599. The van der Waals surface area contributed by atoms with Crippen molar-refractivity contribution in [3.63, 3.8) is 0 Å². The van der Waals surface area contributed by atoms with E-state index in [-0.39, 0.29) is 8.46 Å². The smallest absolute Gasteiger partial charge is 0.167 e. The Balaban J connectivity index is 2.28. The van der Waals surface area contributed by atoms with Crippen molar-refractivity contribution < 1.29 is 4.57 Å². The van der Waals surface area contributed by atoms with Crippen LogP contribution >= 0.6 is 8.46 Å². The molecule has 1 rings (SSSR count). The minimum atomic E-state index is 0.247. The maximum atomic E-state index is 9.60. The van der Waals surface area contributed by atoms with Crippen LogP contribution in [0.2, 0.25) is 0 Å². The van der Waals surface area contributed by atoms with Gasteiger partial charge in [0.15, 0.2) is 8.46 Å². The second-order valence-corrected chi connectivity index (χ2v) is 1.79. The fourth-order valence-corrected chi connectivity index (χ4v) is 0.360. The van der Waals surface area contributed by atoms with Crippen LogP contribution in [0.25, 0.3) is 0 Å². The Morgan fingerprint density at radius 3 is 2.20 bits per heavy atom. The largest absolute Gasteiger partial charge is 0.274 e. The van der Waals surface area contributed by atoms with Crippen molar-refractivity contribution in [1.29, 1.82) is 0 Å². The summed E-state index contributed by atoms with van der Waals surface area (Å²) in [4.78, 5) is 0. The van der Waals surface area contributed by atoms with Crippen molar-refractivity contribution >= 4 is 8.46 Å². The molecule has 0 radical (unpaired) electrons. The molecule has 0 N–H and O–H groups in total. The van der Waals surface area contributed by atoms with Crippen LogP contribution in [0.5, 0.6) is 0 Å². The Morgan fingerprint density at radius 1 is 1.60 bits per heavy atom. The lowest BCUT2D eigenvalue weighted by atomic mass is 10.9. The lowest BCUT2D eigenvalue weighted by Crippen LogP contribution is -1.53. The minimum Gasteiger partial charge on any atom is -0.274 e. The molecule has 1 aliphatic rings. The minimum absolute atomic E-state index is 0.247.